The third-order valence-corrected chi connectivity index (χ3v) is 4.27. The average Bonchev–Trinajstić information content (AvgIpc) is 2.55. The van der Waals surface area contributed by atoms with Crippen molar-refractivity contribution in [1.82, 2.24) is 19.9 Å². The van der Waals surface area contributed by atoms with Gasteiger partial charge >= 0.3 is 0 Å². The maximum atomic E-state index is 6.10. The first-order chi connectivity index (χ1) is 10.7. The van der Waals surface area contributed by atoms with E-state index in [1.54, 1.807) is 0 Å². The zero-order valence-electron chi connectivity index (χ0n) is 11.5. The first-order valence-corrected chi connectivity index (χ1v) is 7.63. The fraction of sp³-hybridized carbons (Fsp3) is 0.200. The molecule has 110 valence electrons. The van der Waals surface area contributed by atoms with Crippen molar-refractivity contribution < 1.29 is 0 Å². The van der Waals surface area contributed by atoms with Crippen LogP contribution in [0.15, 0.2) is 30.6 Å². The largest absolute Gasteiger partial charge is 0.350 e. The Hall–Kier alpha value is -1.98. The highest BCUT2D eigenvalue weighted by atomic mass is 35.5. The molecule has 0 atom stereocenters. The van der Waals surface area contributed by atoms with E-state index in [9.17, 15) is 0 Å². The zero-order chi connectivity index (χ0) is 15.1. The molecule has 0 bridgehead atoms. The maximum absolute atomic E-state index is 6.10. The van der Waals surface area contributed by atoms with Crippen molar-refractivity contribution in [1.29, 1.82) is 0 Å². The third kappa shape index (κ3) is 2.26. The summed E-state index contributed by atoms with van der Waals surface area (Å²) < 4.78 is 0. The lowest BCUT2D eigenvalue weighted by Gasteiger charge is -2.30. The molecule has 3 heterocycles. The smallest absolute Gasteiger partial charge is 0.225 e. The molecule has 0 radical (unpaired) electrons. The van der Waals surface area contributed by atoms with E-state index >= 15 is 0 Å². The van der Waals surface area contributed by atoms with E-state index in [0.29, 0.717) is 16.9 Å². The summed E-state index contributed by atoms with van der Waals surface area (Å²) in [7, 11) is 0. The highest BCUT2D eigenvalue weighted by Gasteiger charge is 2.21. The van der Waals surface area contributed by atoms with Gasteiger partial charge in [-0.25, -0.2) is 15.0 Å². The number of hydrogen-bond acceptors (Lipinski definition) is 5. The molecule has 1 aliphatic rings. The molecule has 0 aliphatic carbocycles. The Bertz CT molecular complexity index is 868. The second kappa shape index (κ2) is 5.34. The van der Waals surface area contributed by atoms with Crippen molar-refractivity contribution in [2.75, 3.05) is 11.4 Å². The Kier molecular flexibility index (Phi) is 3.32. The van der Waals surface area contributed by atoms with Gasteiger partial charge in [-0.05, 0) is 29.1 Å². The van der Waals surface area contributed by atoms with Crippen LogP contribution in [0.3, 0.4) is 0 Å². The van der Waals surface area contributed by atoms with Crippen LogP contribution in [0, 0.1) is 0 Å². The molecular weight excluding hydrogens is 321 g/mol. The van der Waals surface area contributed by atoms with Crippen LogP contribution in [0.2, 0.25) is 10.4 Å². The molecule has 0 saturated carbocycles. The van der Waals surface area contributed by atoms with Crippen LogP contribution in [0.1, 0.15) is 11.1 Å². The highest BCUT2D eigenvalue weighted by molar-refractivity contribution is 6.34. The standard InChI is InChI=1S/C15H11Cl2N5/c16-13-11-12(18-8-19-13)14(21-15(17)20-11)22-6-5-9-3-1-2-4-10(9)7-22/h1-4,8H,5-7H2. The molecule has 0 saturated heterocycles. The van der Waals surface area contributed by atoms with Crippen molar-refractivity contribution in [3.05, 3.63) is 52.2 Å². The van der Waals surface area contributed by atoms with Gasteiger partial charge in [-0.2, -0.15) is 4.98 Å². The minimum atomic E-state index is 0.151. The van der Waals surface area contributed by atoms with Gasteiger partial charge in [-0.3, -0.25) is 0 Å². The van der Waals surface area contributed by atoms with E-state index in [1.165, 1.54) is 17.5 Å². The SMILES string of the molecule is Clc1nc(N2CCc3ccccc3C2)c2ncnc(Cl)c2n1. The summed E-state index contributed by atoms with van der Waals surface area (Å²) in [5.74, 6) is 0.703. The molecule has 1 aromatic carbocycles. The second-order valence-electron chi connectivity index (χ2n) is 5.12. The summed E-state index contributed by atoms with van der Waals surface area (Å²) >= 11 is 12.2. The molecule has 0 spiro atoms. The van der Waals surface area contributed by atoms with E-state index in [0.717, 1.165) is 19.5 Å². The van der Waals surface area contributed by atoms with Crippen LogP contribution in [0.25, 0.3) is 11.0 Å². The van der Waals surface area contributed by atoms with E-state index in [-0.39, 0.29) is 10.4 Å². The Morgan fingerprint density at radius 3 is 2.64 bits per heavy atom. The van der Waals surface area contributed by atoms with E-state index in [4.69, 9.17) is 23.2 Å². The van der Waals surface area contributed by atoms with Gasteiger partial charge in [0.25, 0.3) is 0 Å². The average molecular weight is 332 g/mol. The van der Waals surface area contributed by atoms with Crippen molar-refractivity contribution in [2.45, 2.75) is 13.0 Å². The maximum Gasteiger partial charge on any atom is 0.225 e. The van der Waals surface area contributed by atoms with Crippen LogP contribution >= 0.6 is 23.2 Å². The lowest BCUT2D eigenvalue weighted by molar-refractivity contribution is 0.722. The third-order valence-electron chi connectivity index (χ3n) is 3.82. The molecule has 0 fully saturated rings. The minimum Gasteiger partial charge on any atom is -0.350 e. The number of halogens is 2. The van der Waals surface area contributed by atoms with Gasteiger partial charge in [0.2, 0.25) is 5.28 Å². The fourth-order valence-corrected chi connectivity index (χ4v) is 3.11. The lowest BCUT2D eigenvalue weighted by atomic mass is 10.00. The molecule has 0 amide bonds. The predicted molar refractivity (Wildman–Crippen MR) is 86.3 cm³/mol. The summed E-state index contributed by atoms with van der Waals surface area (Å²) in [6.45, 7) is 1.61. The van der Waals surface area contributed by atoms with Crippen LogP contribution < -0.4 is 4.90 Å². The highest BCUT2D eigenvalue weighted by Crippen LogP contribution is 2.30. The lowest BCUT2D eigenvalue weighted by Crippen LogP contribution is -2.31. The fourth-order valence-electron chi connectivity index (χ4n) is 2.77. The van der Waals surface area contributed by atoms with Crippen molar-refractivity contribution in [2.24, 2.45) is 0 Å². The summed E-state index contributed by atoms with van der Waals surface area (Å²) in [6.07, 6.45) is 2.38. The molecule has 4 rings (SSSR count). The monoisotopic (exact) mass is 331 g/mol. The van der Waals surface area contributed by atoms with Gasteiger partial charge in [-0.15, -0.1) is 0 Å². The molecular formula is C15H11Cl2N5. The number of anilines is 1. The Morgan fingerprint density at radius 2 is 1.77 bits per heavy atom. The second-order valence-corrected chi connectivity index (χ2v) is 5.81. The molecule has 0 N–H and O–H groups in total. The van der Waals surface area contributed by atoms with Crippen molar-refractivity contribution in [3.63, 3.8) is 0 Å². The number of rotatable bonds is 1. The van der Waals surface area contributed by atoms with Crippen LogP contribution in [0.4, 0.5) is 5.82 Å². The van der Waals surface area contributed by atoms with Gasteiger partial charge in [0.15, 0.2) is 11.0 Å². The van der Waals surface area contributed by atoms with Gasteiger partial charge in [-0.1, -0.05) is 35.9 Å². The summed E-state index contributed by atoms with van der Waals surface area (Å²) in [5.41, 5.74) is 3.77. The van der Waals surface area contributed by atoms with Crippen molar-refractivity contribution in [3.8, 4) is 0 Å². The minimum absolute atomic E-state index is 0.151. The van der Waals surface area contributed by atoms with Gasteiger partial charge in [0.05, 0.1) is 0 Å². The summed E-state index contributed by atoms with van der Waals surface area (Å²) in [4.78, 5) is 18.9. The number of aromatic nitrogens is 4. The van der Waals surface area contributed by atoms with E-state index in [2.05, 4.69) is 43.0 Å². The van der Waals surface area contributed by atoms with Crippen LogP contribution in [-0.4, -0.2) is 26.5 Å². The van der Waals surface area contributed by atoms with Crippen molar-refractivity contribution >= 4 is 40.1 Å². The van der Waals surface area contributed by atoms with Gasteiger partial charge < -0.3 is 4.90 Å². The topological polar surface area (TPSA) is 54.8 Å². The molecule has 5 nitrogen and oxygen atoms in total. The Labute approximate surface area is 137 Å². The molecule has 22 heavy (non-hydrogen) atoms. The predicted octanol–water partition coefficient (Wildman–Crippen LogP) is 3.29. The Morgan fingerprint density at radius 1 is 0.955 bits per heavy atom. The normalized spacial score (nSPS) is 14.2. The molecule has 0 unspecified atom stereocenters. The number of fused-ring (bicyclic) bond motifs is 2. The van der Waals surface area contributed by atoms with E-state index in [1.807, 2.05) is 6.07 Å². The number of nitrogens with zero attached hydrogens (tertiary/aromatic N) is 5. The molecule has 3 aromatic rings. The van der Waals surface area contributed by atoms with Gasteiger partial charge in [0, 0.05) is 13.1 Å². The number of benzene rings is 1. The molecule has 2 aromatic heterocycles. The zero-order valence-corrected chi connectivity index (χ0v) is 13.0. The molecule has 7 heteroatoms. The first-order valence-electron chi connectivity index (χ1n) is 6.88. The van der Waals surface area contributed by atoms with Crippen LogP contribution in [-0.2, 0) is 13.0 Å². The summed E-state index contributed by atoms with van der Waals surface area (Å²) in [6, 6.07) is 8.41. The first kappa shape index (κ1) is 13.7. The van der Waals surface area contributed by atoms with E-state index < -0.39 is 0 Å². The quantitative estimate of drug-likeness (QED) is 0.506. The Balaban J connectivity index is 1.84. The van der Waals surface area contributed by atoms with Gasteiger partial charge in [0.1, 0.15) is 17.4 Å². The summed E-state index contributed by atoms with van der Waals surface area (Å²) in [5, 5.41) is 0.436. The van der Waals surface area contributed by atoms with Crippen LogP contribution in [0.5, 0.6) is 0 Å². The molecule has 1 aliphatic heterocycles. The number of hydrogen-bond donors (Lipinski definition) is 0.